The lowest BCUT2D eigenvalue weighted by atomic mass is 10.0. The van der Waals surface area contributed by atoms with Gasteiger partial charge in [0.2, 0.25) is 0 Å². The molecule has 0 fully saturated rings. The molecule has 0 aliphatic heterocycles. The number of hydrogen-bond acceptors (Lipinski definition) is 5. The second-order valence-corrected chi connectivity index (χ2v) is 17.9. The van der Waals surface area contributed by atoms with Gasteiger partial charge in [-0.15, -0.1) is 0 Å². The summed E-state index contributed by atoms with van der Waals surface area (Å²) in [6.07, 6.45) is 85.5. The van der Waals surface area contributed by atoms with Gasteiger partial charge in [-0.25, -0.2) is 0 Å². The van der Waals surface area contributed by atoms with Crippen LogP contribution in [0, 0.1) is 0 Å². The van der Waals surface area contributed by atoms with Gasteiger partial charge in [0.25, 0.3) is 0 Å². The average molecular weight is 940 g/mol. The van der Waals surface area contributed by atoms with Gasteiger partial charge < -0.3 is 14.6 Å². The van der Waals surface area contributed by atoms with E-state index in [1.165, 1.54) is 89.9 Å². The number of unbranched alkanes of at least 4 members (excludes halogenated alkanes) is 19. The molecule has 0 spiro atoms. The van der Waals surface area contributed by atoms with E-state index in [2.05, 4.69) is 148 Å². The van der Waals surface area contributed by atoms with Gasteiger partial charge in [-0.3, -0.25) is 9.59 Å². The van der Waals surface area contributed by atoms with Gasteiger partial charge in [0.05, 0.1) is 6.61 Å². The van der Waals surface area contributed by atoms with Crippen LogP contribution in [0.2, 0.25) is 0 Å². The van der Waals surface area contributed by atoms with Crippen LogP contribution in [-0.4, -0.2) is 36.4 Å². The highest BCUT2D eigenvalue weighted by molar-refractivity contribution is 5.70. The van der Waals surface area contributed by atoms with Crippen LogP contribution in [0.4, 0.5) is 0 Å². The quantitative estimate of drug-likeness (QED) is 0.0374. The SMILES string of the molecule is CC/C=C\C/C=C\C/C=C\C/C=C\C/C=C\C/C=C\CCCCCCCCCCCCCCC(=O)OC(CO)COC(=O)CCCCCCCCC/C=C\C/C=C\C/C=C\C/C=C\C/C=C\CC. The van der Waals surface area contributed by atoms with Crippen molar-refractivity contribution in [1.82, 2.24) is 0 Å². The molecule has 5 heteroatoms. The molecule has 0 heterocycles. The van der Waals surface area contributed by atoms with Gasteiger partial charge in [0.15, 0.2) is 6.10 Å². The highest BCUT2D eigenvalue weighted by Gasteiger charge is 2.16. The average Bonchev–Trinajstić information content (AvgIpc) is 3.34. The molecule has 68 heavy (non-hydrogen) atoms. The van der Waals surface area contributed by atoms with E-state index in [9.17, 15) is 14.7 Å². The van der Waals surface area contributed by atoms with Crippen LogP contribution in [0.15, 0.2) is 134 Å². The molecule has 0 amide bonds. The number of esters is 2. The maximum Gasteiger partial charge on any atom is 0.306 e. The van der Waals surface area contributed by atoms with E-state index in [0.29, 0.717) is 12.8 Å². The molecule has 0 saturated heterocycles. The summed E-state index contributed by atoms with van der Waals surface area (Å²) in [5.74, 6) is -0.612. The lowest BCUT2D eigenvalue weighted by Gasteiger charge is -2.15. The summed E-state index contributed by atoms with van der Waals surface area (Å²) >= 11 is 0. The molecule has 1 N–H and O–H groups in total. The maximum absolute atomic E-state index is 12.3. The molecular weight excluding hydrogens is 837 g/mol. The number of rotatable bonds is 49. The summed E-state index contributed by atoms with van der Waals surface area (Å²) in [7, 11) is 0. The van der Waals surface area contributed by atoms with E-state index in [1.54, 1.807) is 0 Å². The number of carbonyl (C=O) groups is 2. The largest absolute Gasteiger partial charge is 0.462 e. The number of aliphatic hydroxyl groups excluding tert-OH is 1. The number of ether oxygens (including phenoxy) is 2. The third-order valence-electron chi connectivity index (χ3n) is 11.4. The van der Waals surface area contributed by atoms with Gasteiger partial charge in [-0.05, 0) is 109 Å². The Kier molecular flexibility index (Phi) is 54.0. The van der Waals surface area contributed by atoms with Crippen molar-refractivity contribution in [2.45, 2.75) is 238 Å². The van der Waals surface area contributed by atoms with Crippen molar-refractivity contribution in [2.24, 2.45) is 0 Å². The van der Waals surface area contributed by atoms with Crippen LogP contribution in [0.1, 0.15) is 232 Å². The van der Waals surface area contributed by atoms with Gasteiger partial charge in [-0.1, -0.05) is 244 Å². The normalized spacial score (nSPS) is 13.3. The van der Waals surface area contributed by atoms with Crippen LogP contribution >= 0.6 is 0 Å². The van der Waals surface area contributed by atoms with Crippen LogP contribution in [-0.2, 0) is 19.1 Å². The Hall–Kier alpha value is -3.96. The fourth-order valence-electron chi connectivity index (χ4n) is 7.35. The van der Waals surface area contributed by atoms with Gasteiger partial charge in [-0.2, -0.15) is 0 Å². The molecule has 0 aliphatic carbocycles. The first-order chi connectivity index (χ1) is 33.6. The Balaban J connectivity index is 3.57. The van der Waals surface area contributed by atoms with Crippen LogP contribution in [0.25, 0.3) is 0 Å². The van der Waals surface area contributed by atoms with Crippen molar-refractivity contribution in [2.75, 3.05) is 13.2 Å². The van der Waals surface area contributed by atoms with Crippen molar-refractivity contribution in [3.63, 3.8) is 0 Å². The van der Waals surface area contributed by atoms with Crippen molar-refractivity contribution in [3.8, 4) is 0 Å². The van der Waals surface area contributed by atoms with E-state index < -0.39 is 6.10 Å². The summed E-state index contributed by atoms with van der Waals surface area (Å²) in [5, 5.41) is 9.65. The summed E-state index contributed by atoms with van der Waals surface area (Å²) in [4.78, 5) is 24.5. The Morgan fingerprint density at radius 3 is 0.882 bits per heavy atom. The first-order valence-electron chi connectivity index (χ1n) is 27.7. The zero-order valence-electron chi connectivity index (χ0n) is 43.8. The van der Waals surface area contributed by atoms with Gasteiger partial charge in [0.1, 0.15) is 6.61 Å². The minimum atomic E-state index is -0.788. The van der Waals surface area contributed by atoms with Crippen molar-refractivity contribution >= 4 is 11.9 Å². The molecule has 0 radical (unpaired) electrons. The van der Waals surface area contributed by atoms with Gasteiger partial charge in [0, 0.05) is 12.8 Å². The maximum atomic E-state index is 12.3. The number of hydrogen-bond donors (Lipinski definition) is 1. The molecule has 5 nitrogen and oxygen atoms in total. The third kappa shape index (κ3) is 54.6. The minimum Gasteiger partial charge on any atom is -0.462 e. The predicted octanol–water partition coefficient (Wildman–Crippen LogP) is 18.9. The molecule has 0 aliphatic rings. The topological polar surface area (TPSA) is 72.8 Å². The Morgan fingerprint density at radius 2 is 0.588 bits per heavy atom. The molecule has 0 aromatic carbocycles. The fraction of sp³-hybridized carbons (Fsp3) is 0.619. The Morgan fingerprint density at radius 1 is 0.338 bits per heavy atom. The van der Waals surface area contributed by atoms with E-state index in [4.69, 9.17) is 9.47 Å². The first-order valence-corrected chi connectivity index (χ1v) is 27.7. The third-order valence-corrected chi connectivity index (χ3v) is 11.4. The Bertz CT molecular complexity index is 1430. The summed E-state index contributed by atoms with van der Waals surface area (Å²) < 4.78 is 10.7. The molecule has 0 aromatic heterocycles. The lowest BCUT2D eigenvalue weighted by molar-refractivity contribution is -0.161. The highest BCUT2D eigenvalue weighted by Crippen LogP contribution is 2.15. The summed E-state index contributed by atoms with van der Waals surface area (Å²) in [6.45, 7) is 3.90. The molecule has 0 aromatic rings. The zero-order valence-corrected chi connectivity index (χ0v) is 43.8. The number of allylic oxidation sites excluding steroid dienone is 22. The molecule has 1 unspecified atom stereocenters. The number of aliphatic hydroxyl groups is 1. The molecule has 0 saturated carbocycles. The van der Waals surface area contributed by atoms with E-state index in [0.717, 1.165) is 116 Å². The van der Waals surface area contributed by atoms with E-state index in [1.807, 2.05) is 0 Å². The van der Waals surface area contributed by atoms with Crippen molar-refractivity contribution < 1.29 is 24.2 Å². The van der Waals surface area contributed by atoms with Crippen molar-refractivity contribution in [3.05, 3.63) is 134 Å². The smallest absolute Gasteiger partial charge is 0.306 e. The molecule has 0 rings (SSSR count). The molecule has 1 atom stereocenters. The van der Waals surface area contributed by atoms with Crippen molar-refractivity contribution in [1.29, 1.82) is 0 Å². The van der Waals surface area contributed by atoms with Crippen LogP contribution in [0.5, 0.6) is 0 Å². The predicted molar refractivity (Wildman–Crippen MR) is 297 cm³/mol. The second kappa shape index (κ2) is 57.4. The fourth-order valence-corrected chi connectivity index (χ4v) is 7.35. The standard InChI is InChI=1S/C63H102O5/c1-3-5-7-9-11-13-15-17-19-21-23-25-27-28-29-30-31-32-33-34-36-38-40-42-44-46-48-50-52-54-56-58-63(66)68-61(59-64)60-67-62(65)57-55-53-51-49-47-45-43-41-39-37-35-26-24-22-20-18-16-14-12-10-8-6-4-2/h5-8,11-14,17-20,23-26,28-29,31-32,37,39,61,64H,3-4,9-10,15-16,21-22,27,30,33-36,38,40-60H2,1-2H3/b7-5-,8-6-,13-11-,14-12-,19-17-,20-18-,25-23-,26-24-,29-28-,32-31-,39-37-. The molecule has 0 bridgehead atoms. The summed E-state index contributed by atoms with van der Waals surface area (Å²) in [6, 6.07) is 0. The van der Waals surface area contributed by atoms with E-state index in [-0.39, 0.29) is 25.2 Å². The highest BCUT2D eigenvalue weighted by atomic mass is 16.6. The monoisotopic (exact) mass is 939 g/mol. The molecular formula is C63H102O5. The van der Waals surface area contributed by atoms with Crippen LogP contribution < -0.4 is 0 Å². The Labute approximate surface area is 419 Å². The van der Waals surface area contributed by atoms with Gasteiger partial charge >= 0.3 is 11.9 Å². The minimum absolute atomic E-state index is 0.0801. The first kappa shape index (κ1) is 64.0. The number of carbonyl (C=O) groups excluding carboxylic acids is 2. The zero-order chi connectivity index (χ0) is 49.2. The molecule has 384 valence electrons. The van der Waals surface area contributed by atoms with Crippen LogP contribution in [0.3, 0.4) is 0 Å². The summed E-state index contributed by atoms with van der Waals surface area (Å²) in [5.41, 5.74) is 0. The van der Waals surface area contributed by atoms with E-state index >= 15 is 0 Å². The lowest BCUT2D eigenvalue weighted by Crippen LogP contribution is -2.28. The second-order valence-electron chi connectivity index (χ2n) is 17.9.